The number of nitro benzene ring substituents is 2. The van der Waals surface area contributed by atoms with Crippen LogP contribution in [0.5, 0.6) is 11.5 Å². The van der Waals surface area contributed by atoms with Gasteiger partial charge < -0.3 is 9.47 Å². The first-order valence-electron chi connectivity index (χ1n) is 6.46. The van der Waals surface area contributed by atoms with Crippen molar-refractivity contribution in [1.29, 1.82) is 0 Å². The maximum absolute atomic E-state index is 11.7. The number of esters is 2. The average molecular weight is 346 g/mol. The predicted molar refractivity (Wildman–Crippen MR) is 78.1 cm³/mol. The van der Waals surface area contributed by atoms with Crippen LogP contribution in [0.1, 0.15) is 0 Å². The van der Waals surface area contributed by atoms with Crippen LogP contribution in [-0.4, -0.2) is 21.8 Å². The van der Waals surface area contributed by atoms with E-state index in [1.54, 1.807) is 0 Å². The molecule has 0 atom stereocenters. The molecular weight excluding hydrogens is 338 g/mol. The van der Waals surface area contributed by atoms with Crippen LogP contribution in [0.25, 0.3) is 0 Å². The number of nitrogens with one attached hydrogen (secondary N) is 1. The van der Waals surface area contributed by atoms with Crippen LogP contribution in [0.4, 0.5) is 17.1 Å². The lowest BCUT2D eigenvalue weighted by Crippen LogP contribution is -2.39. The molecule has 0 spiro atoms. The average Bonchev–Trinajstić information content (AvgIpc) is 2.56. The molecule has 0 saturated heterocycles. The molecule has 0 fully saturated rings. The molecule has 2 aromatic rings. The quantitative estimate of drug-likeness (QED) is 0.253. The van der Waals surface area contributed by atoms with Crippen molar-refractivity contribution in [3.8, 4) is 11.5 Å². The molecule has 0 unspecified atom stereocenters. The fourth-order valence-electron chi connectivity index (χ4n) is 1.66. The summed E-state index contributed by atoms with van der Waals surface area (Å²) in [4.78, 5) is 43.0. The highest BCUT2D eigenvalue weighted by Crippen LogP contribution is 2.31. The summed E-state index contributed by atoms with van der Waals surface area (Å²) >= 11 is 0. The minimum atomic E-state index is -1.55. The Morgan fingerprint density at radius 1 is 0.880 bits per heavy atom. The fraction of sp³-hybridized carbons (Fsp3) is 0. The van der Waals surface area contributed by atoms with E-state index < -0.39 is 38.9 Å². The molecule has 126 valence electrons. The normalized spacial score (nSPS) is 9.96. The van der Waals surface area contributed by atoms with Crippen LogP contribution >= 0.6 is 0 Å². The number of carbonyl (C=O) groups excluding carboxylic acids is 2. The van der Waals surface area contributed by atoms with E-state index in [0.29, 0.717) is 6.07 Å². The Balaban J connectivity index is 2.16. The minimum absolute atomic E-state index is 0.0313. The Morgan fingerprint density at radius 3 is 2.04 bits per heavy atom. The number of carbonyl (C=O) groups is 2. The highest BCUT2D eigenvalue weighted by atomic mass is 16.6. The minimum Gasteiger partial charge on any atom is -0.418 e. The van der Waals surface area contributed by atoms with Gasteiger partial charge in [-0.3, -0.25) is 20.2 Å². The van der Waals surface area contributed by atoms with E-state index in [0.717, 1.165) is 12.1 Å². The van der Waals surface area contributed by atoms with Crippen molar-refractivity contribution in [2.45, 2.75) is 0 Å². The monoisotopic (exact) mass is 346 g/mol. The highest BCUT2D eigenvalue weighted by molar-refractivity contribution is 6.31. The highest BCUT2D eigenvalue weighted by Gasteiger charge is 2.26. The SMILES string of the molecule is [NH+]c1ccc(OC(=O)C(=O)Oc2ccc([N+](=O)[O-])cc2[N+](=O)[O-])cc1. The van der Waals surface area contributed by atoms with Crippen LogP contribution in [-0.2, 0) is 9.59 Å². The molecule has 0 aliphatic carbocycles. The number of hydrogen-bond acceptors (Lipinski definition) is 8. The first-order chi connectivity index (χ1) is 11.8. The first kappa shape index (κ1) is 17.5. The third kappa shape index (κ3) is 4.33. The summed E-state index contributed by atoms with van der Waals surface area (Å²) < 4.78 is 9.28. The van der Waals surface area contributed by atoms with Gasteiger partial charge >= 0.3 is 17.6 Å². The van der Waals surface area contributed by atoms with Gasteiger partial charge in [0.15, 0.2) is 0 Å². The number of nitro groups is 2. The summed E-state index contributed by atoms with van der Waals surface area (Å²) in [7, 11) is 0. The van der Waals surface area contributed by atoms with Crippen molar-refractivity contribution in [2.75, 3.05) is 0 Å². The van der Waals surface area contributed by atoms with Gasteiger partial charge in [-0.2, -0.15) is 0 Å². The van der Waals surface area contributed by atoms with Crippen LogP contribution in [0.2, 0.25) is 0 Å². The zero-order valence-electron chi connectivity index (χ0n) is 12.2. The number of ether oxygens (including phenoxy) is 2. The van der Waals surface area contributed by atoms with E-state index in [-0.39, 0.29) is 11.4 Å². The molecule has 0 bridgehead atoms. The second kappa shape index (κ2) is 7.14. The maximum atomic E-state index is 11.7. The second-order valence-electron chi connectivity index (χ2n) is 4.47. The van der Waals surface area contributed by atoms with E-state index in [9.17, 15) is 29.8 Å². The molecule has 25 heavy (non-hydrogen) atoms. The van der Waals surface area contributed by atoms with Crippen molar-refractivity contribution in [3.63, 3.8) is 0 Å². The maximum Gasteiger partial charge on any atom is 0.423 e. The van der Waals surface area contributed by atoms with E-state index in [1.165, 1.54) is 24.3 Å². The molecule has 0 aliphatic rings. The predicted octanol–water partition coefficient (Wildman–Crippen LogP) is 0.459. The summed E-state index contributed by atoms with van der Waals surface area (Å²) in [5, 5.41) is 21.6. The Hall–Kier alpha value is -3.86. The Morgan fingerprint density at radius 2 is 1.48 bits per heavy atom. The molecule has 2 aromatic carbocycles. The zero-order valence-corrected chi connectivity index (χ0v) is 12.2. The molecule has 0 amide bonds. The summed E-state index contributed by atoms with van der Waals surface area (Å²) in [6.07, 6.45) is 0. The zero-order chi connectivity index (χ0) is 18.6. The summed E-state index contributed by atoms with van der Waals surface area (Å²) in [5.74, 6) is -3.67. The van der Waals surface area contributed by atoms with Crippen LogP contribution in [0.3, 0.4) is 0 Å². The topological polar surface area (TPSA) is 163 Å². The number of benzene rings is 2. The van der Waals surface area contributed by atoms with Gasteiger partial charge in [0.2, 0.25) is 11.4 Å². The van der Waals surface area contributed by atoms with Crippen molar-refractivity contribution >= 4 is 29.0 Å². The van der Waals surface area contributed by atoms with Gasteiger partial charge in [0.1, 0.15) is 5.75 Å². The lowest BCUT2D eigenvalue weighted by molar-refractivity contribution is -0.394. The van der Waals surface area contributed by atoms with Gasteiger partial charge in [-0.25, -0.2) is 9.59 Å². The largest absolute Gasteiger partial charge is 0.423 e. The summed E-state index contributed by atoms with van der Waals surface area (Å²) in [6, 6.07) is 7.47. The second-order valence-corrected chi connectivity index (χ2v) is 4.47. The third-order valence-corrected chi connectivity index (χ3v) is 2.78. The Bertz CT molecular complexity index is 863. The van der Waals surface area contributed by atoms with E-state index >= 15 is 0 Å². The number of nitrogens with zero attached hydrogens (tertiary/aromatic N) is 2. The molecule has 11 heteroatoms. The van der Waals surface area contributed by atoms with Gasteiger partial charge in [-0.1, -0.05) is 0 Å². The molecule has 1 N–H and O–H groups in total. The summed E-state index contributed by atoms with van der Waals surface area (Å²) in [5.41, 5.74) is 6.00. The molecule has 0 aliphatic heterocycles. The van der Waals surface area contributed by atoms with E-state index in [1.807, 2.05) is 0 Å². The molecule has 0 aromatic heterocycles. The van der Waals surface area contributed by atoms with E-state index in [2.05, 4.69) is 4.74 Å². The fourth-order valence-corrected chi connectivity index (χ4v) is 1.66. The van der Waals surface area contributed by atoms with Crippen molar-refractivity contribution in [2.24, 2.45) is 0 Å². The molecular formula is C14H8N3O8+. The van der Waals surface area contributed by atoms with Gasteiger partial charge in [-0.15, -0.1) is 0 Å². The molecule has 2 radical (unpaired) electrons. The van der Waals surface area contributed by atoms with Gasteiger partial charge in [0.25, 0.3) is 5.69 Å². The van der Waals surface area contributed by atoms with Crippen molar-refractivity contribution in [1.82, 2.24) is 0 Å². The molecule has 2 rings (SSSR count). The van der Waals surface area contributed by atoms with Gasteiger partial charge in [0.05, 0.1) is 21.6 Å². The van der Waals surface area contributed by atoms with Gasteiger partial charge in [-0.05, 0) is 18.2 Å². The molecule has 0 heterocycles. The van der Waals surface area contributed by atoms with Crippen LogP contribution in [0, 0.1) is 20.2 Å². The number of non-ortho nitro benzene ring substituents is 1. The number of hydrogen-bond donors (Lipinski definition) is 0. The lowest BCUT2D eigenvalue weighted by atomic mass is 10.2. The van der Waals surface area contributed by atoms with E-state index in [4.69, 9.17) is 10.5 Å². The van der Waals surface area contributed by atoms with Gasteiger partial charge in [0, 0.05) is 18.2 Å². The Labute approximate surface area is 138 Å². The van der Waals surface area contributed by atoms with Crippen LogP contribution in [0.15, 0.2) is 42.5 Å². The molecule has 0 saturated carbocycles. The van der Waals surface area contributed by atoms with Crippen molar-refractivity contribution in [3.05, 3.63) is 62.7 Å². The molecule has 11 nitrogen and oxygen atoms in total. The lowest BCUT2D eigenvalue weighted by Gasteiger charge is -2.05. The Kier molecular flexibility index (Phi) is 5.00. The standard InChI is InChI=1S/C14H8N3O8/c15-8-1-4-10(5-2-8)24-13(18)14(19)25-12-6-3-9(16(20)21)7-11(12)17(22)23/h1-7,15H/q+1. The van der Waals surface area contributed by atoms with Crippen LogP contribution < -0.4 is 15.2 Å². The number of rotatable bonds is 4. The van der Waals surface area contributed by atoms with Crippen molar-refractivity contribution < 1.29 is 34.6 Å². The first-order valence-corrected chi connectivity index (χ1v) is 6.46. The summed E-state index contributed by atoms with van der Waals surface area (Å²) in [6.45, 7) is 0. The third-order valence-electron chi connectivity index (χ3n) is 2.78. The smallest absolute Gasteiger partial charge is 0.418 e.